The highest BCUT2D eigenvalue weighted by atomic mass is 16.5. The number of ether oxygens (including phenoxy) is 1. The monoisotopic (exact) mass is 241 g/mol. The topological polar surface area (TPSA) is 66.8 Å². The van der Waals surface area contributed by atoms with Gasteiger partial charge in [0.25, 0.3) is 0 Å². The van der Waals surface area contributed by atoms with Gasteiger partial charge in [0.15, 0.2) is 5.78 Å². The lowest BCUT2D eigenvalue weighted by molar-refractivity contribution is -0.170. The maximum atomic E-state index is 12.5. The molecular formula is C12H19NO4. The molecule has 2 atom stereocenters. The Morgan fingerprint density at radius 1 is 1.59 bits per heavy atom. The second kappa shape index (κ2) is 4.38. The number of Topliss-reactive ketones (excluding diaryl/α,β-unsaturated/α-hetero) is 1. The highest BCUT2D eigenvalue weighted by Gasteiger charge is 2.57. The molecule has 0 aromatic rings. The normalized spacial score (nSPS) is 38.1. The van der Waals surface area contributed by atoms with Gasteiger partial charge in [0.2, 0.25) is 0 Å². The fourth-order valence-corrected chi connectivity index (χ4v) is 3.25. The summed E-state index contributed by atoms with van der Waals surface area (Å²) in [6.07, 6.45) is 1.72. The van der Waals surface area contributed by atoms with Crippen LogP contribution < -0.4 is 0 Å². The molecule has 5 heteroatoms. The van der Waals surface area contributed by atoms with Crippen LogP contribution in [0.2, 0.25) is 0 Å². The van der Waals surface area contributed by atoms with Crippen LogP contribution in [0.3, 0.4) is 0 Å². The maximum absolute atomic E-state index is 12.5. The van der Waals surface area contributed by atoms with Gasteiger partial charge in [-0.2, -0.15) is 0 Å². The van der Waals surface area contributed by atoms with Crippen LogP contribution in [0, 0.1) is 11.8 Å². The van der Waals surface area contributed by atoms with Crippen molar-refractivity contribution in [2.24, 2.45) is 11.8 Å². The molecule has 1 N–H and O–H groups in total. The van der Waals surface area contributed by atoms with Crippen LogP contribution in [0.1, 0.15) is 19.8 Å². The quantitative estimate of drug-likeness (QED) is 0.771. The Balaban J connectivity index is 2.39. The zero-order chi connectivity index (χ0) is 12.6. The Morgan fingerprint density at radius 2 is 2.18 bits per heavy atom. The molecule has 0 spiro atoms. The van der Waals surface area contributed by atoms with Gasteiger partial charge in [-0.1, -0.05) is 0 Å². The number of carboxylic acid groups (broad SMARTS) is 1. The molecule has 0 saturated carbocycles. The van der Waals surface area contributed by atoms with Crippen LogP contribution in [0.4, 0.5) is 0 Å². The minimum absolute atomic E-state index is 0.0250. The summed E-state index contributed by atoms with van der Waals surface area (Å²) in [5, 5.41) is 9.24. The van der Waals surface area contributed by atoms with E-state index >= 15 is 0 Å². The summed E-state index contributed by atoms with van der Waals surface area (Å²) in [6, 6.07) is 0. The number of aliphatic carboxylic acids is 1. The number of hydrogen-bond donors (Lipinski definition) is 1. The molecule has 3 aliphatic rings. The molecule has 3 heterocycles. The first kappa shape index (κ1) is 12.5. The second-order valence-corrected chi connectivity index (χ2v) is 5.04. The SMILES string of the molecule is COCC1(C(C)C(=O)O)C(=O)C2CCN1CC2. The Morgan fingerprint density at radius 3 is 2.59 bits per heavy atom. The van der Waals surface area contributed by atoms with E-state index in [0.717, 1.165) is 25.9 Å². The molecule has 0 aromatic carbocycles. The molecule has 0 aliphatic carbocycles. The maximum Gasteiger partial charge on any atom is 0.308 e. The average molecular weight is 241 g/mol. The highest BCUT2D eigenvalue weighted by molar-refractivity contribution is 5.96. The molecule has 2 unspecified atom stereocenters. The Labute approximate surface area is 101 Å². The lowest BCUT2D eigenvalue weighted by atomic mass is 9.68. The van der Waals surface area contributed by atoms with Crippen molar-refractivity contribution in [3.05, 3.63) is 0 Å². The van der Waals surface area contributed by atoms with Gasteiger partial charge in [0.05, 0.1) is 12.5 Å². The van der Waals surface area contributed by atoms with E-state index in [1.807, 2.05) is 4.90 Å². The van der Waals surface area contributed by atoms with E-state index in [0.29, 0.717) is 0 Å². The first-order valence-electron chi connectivity index (χ1n) is 6.05. The van der Waals surface area contributed by atoms with E-state index < -0.39 is 17.4 Å². The molecule has 0 aromatic heterocycles. The van der Waals surface area contributed by atoms with Crippen LogP contribution in [-0.2, 0) is 14.3 Å². The van der Waals surface area contributed by atoms with Gasteiger partial charge >= 0.3 is 5.97 Å². The van der Waals surface area contributed by atoms with E-state index in [1.165, 1.54) is 7.11 Å². The Hall–Kier alpha value is -0.940. The first-order valence-corrected chi connectivity index (χ1v) is 6.05. The molecule has 17 heavy (non-hydrogen) atoms. The molecule has 96 valence electrons. The van der Waals surface area contributed by atoms with Crippen LogP contribution in [0.25, 0.3) is 0 Å². The van der Waals surface area contributed by atoms with E-state index in [9.17, 15) is 14.7 Å². The molecule has 3 saturated heterocycles. The number of carboxylic acids is 1. The van der Waals surface area contributed by atoms with E-state index in [2.05, 4.69) is 0 Å². The van der Waals surface area contributed by atoms with Gasteiger partial charge in [-0.25, -0.2) is 0 Å². The summed E-state index contributed by atoms with van der Waals surface area (Å²) >= 11 is 0. The van der Waals surface area contributed by atoms with Crippen molar-refractivity contribution in [3.63, 3.8) is 0 Å². The number of methoxy groups -OCH3 is 1. The number of hydrogen-bond acceptors (Lipinski definition) is 4. The lowest BCUT2D eigenvalue weighted by Gasteiger charge is -2.54. The number of nitrogens with zero attached hydrogens (tertiary/aromatic N) is 1. The Bertz CT molecular complexity index is 335. The average Bonchev–Trinajstić information content (AvgIpc) is 2.33. The third-order valence-electron chi connectivity index (χ3n) is 4.31. The standard InChI is InChI=1S/C12H19NO4/c1-8(11(15)16)12(7-17-2)10(14)9-3-5-13(12)6-4-9/h8-9H,3-7H2,1-2H3,(H,15,16). The molecular weight excluding hydrogens is 222 g/mol. The van der Waals surface area contributed by atoms with Gasteiger partial charge in [0, 0.05) is 13.0 Å². The Kier molecular flexibility index (Phi) is 3.23. The molecule has 5 nitrogen and oxygen atoms in total. The summed E-state index contributed by atoms with van der Waals surface area (Å²) < 4.78 is 5.15. The van der Waals surface area contributed by atoms with Crippen molar-refractivity contribution in [3.8, 4) is 0 Å². The van der Waals surface area contributed by atoms with Crippen molar-refractivity contribution in [2.45, 2.75) is 25.3 Å². The number of carbonyl (C=O) groups excluding carboxylic acids is 1. The van der Waals surface area contributed by atoms with Crippen LogP contribution in [-0.4, -0.2) is 54.1 Å². The van der Waals surface area contributed by atoms with Gasteiger partial charge in [0.1, 0.15) is 5.54 Å². The second-order valence-electron chi connectivity index (χ2n) is 5.04. The van der Waals surface area contributed by atoms with Crippen LogP contribution in [0.15, 0.2) is 0 Å². The third kappa shape index (κ3) is 1.68. The number of carbonyl (C=O) groups is 2. The number of fused-ring (bicyclic) bond motifs is 3. The molecule has 3 fully saturated rings. The van der Waals surface area contributed by atoms with Crippen LogP contribution >= 0.6 is 0 Å². The molecule has 0 amide bonds. The summed E-state index contributed by atoms with van der Waals surface area (Å²) in [5.74, 6) is -1.57. The minimum Gasteiger partial charge on any atom is -0.481 e. The predicted octanol–water partition coefficient (Wildman–Crippen LogP) is 0.387. The van der Waals surface area contributed by atoms with Crippen molar-refractivity contribution >= 4 is 11.8 Å². The smallest absolute Gasteiger partial charge is 0.308 e. The number of piperidine rings is 3. The molecule has 3 rings (SSSR count). The predicted molar refractivity (Wildman–Crippen MR) is 60.7 cm³/mol. The molecule has 3 aliphatic heterocycles. The van der Waals surface area contributed by atoms with Crippen LogP contribution in [0.5, 0.6) is 0 Å². The van der Waals surface area contributed by atoms with Gasteiger partial charge in [-0.15, -0.1) is 0 Å². The van der Waals surface area contributed by atoms with Crippen molar-refractivity contribution in [2.75, 3.05) is 26.8 Å². The van der Waals surface area contributed by atoms with Gasteiger partial charge in [-0.3, -0.25) is 14.5 Å². The number of rotatable bonds is 4. The van der Waals surface area contributed by atoms with Crippen molar-refractivity contribution < 1.29 is 19.4 Å². The van der Waals surface area contributed by atoms with E-state index in [-0.39, 0.29) is 18.3 Å². The van der Waals surface area contributed by atoms with Crippen molar-refractivity contribution in [1.29, 1.82) is 0 Å². The largest absolute Gasteiger partial charge is 0.481 e. The fraction of sp³-hybridized carbons (Fsp3) is 0.833. The van der Waals surface area contributed by atoms with Crippen molar-refractivity contribution in [1.82, 2.24) is 4.90 Å². The lowest BCUT2D eigenvalue weighted by Crippen LogP contribution is -2.71. The van der Waals surface area contributed by atoms with Gasteiger partial charge < -0.3 is 9.84 Å². The highest BCUT2D eigenvalue weighted by Crippen LogP contribution is 2.40. The summed E-state index contributed by atoms with van der Waals surface area (Å²) in [5.41, 5.74) is -0.943. The summed E-state index contributed by atoms with van der Waals surface area (Å²) in [4.78, 5) is 25.7. The fourth-order valence-electron chi connectivity index (χ4n) is 3.25. The summed E-state index contributed by atoms with van der Waals surface area (Å²) in [6.45, 7) is 3.39. The molecule has 0 radical (unpaired) electrons. The number of ketones is 1. The summed E-state index contributed by atoms with van der Waals surface area (Å²) in [7, 11) is 1.52. The minimum atomic E-state index is -0.943. The van der Waals surface area contributed by atoms with E-state index in [4.69, 9.17) is 4.74 Å². The zero-order valence-corrected chi connectivity index (χ0v) is 10.3. The van der Waals surface area contributed by atoms with E-state index in [1.54, 1.807) is 6.92 Å². The van der Waals surface area contributed by atoms with Gasteiger partial charge in [-0.05, 0) is 32.9 Å². The zero-order valence-electron chi connectivity index (χ0n) is 10.3. The third-order valence-corrected chi connectivity index (χ3v) is 4.31. The first-order chi connectivity index (χ1) is 8.04. The molecule has 2 bridgehead atoms.